The SMILES string of the molecule is CCCCCCc1cc2c3c(c1)COC3CC=CC2. The van der Waals surface area contributed by atoms with Crippen molar-refractivity contribution < 1.29 is 4.74 Å². The third-order valence-electron chi connectivity index (χ3n) is 4.35. The summed E-state index contributed by atoms with van der Waals surface area (Å²) in [6, 6.07) is 4.83. The highest BCUT2D eigenvalue weighted by Gasteiger charge is 2.26. The molecule has 0 amide bonds. The molecule has 0 radical (unpaired) electrons. The van der Waals surface area contributed by atoms with Gasteiger partial charge in [-0.1, -0.05) is 50.5 Å². The normalized spacial score (nSPS) is 20.4. The van der Waals surface area contributed by atoms with Crippen molar-refractivity contribution in [3.05, 3.63) is 46.5 Å². The molecule has 1 unspecified atom stereocenters. The third-order valence-corrected chi connectivity index (χ3v) is 4.35. The molecule has 0 fully saturated rings. The van der Waals surface area contributed by atoms with Crippen molar-refractivity contribution in [2.75, 3.05) is 0 Å². The first-order valence-electron chi connectivity index (χ1n) is 7.79. The minimum absolute atomic E-state index is 0.331. The predicted octanol–water partition coefficient (Wildman–Crippen LogP) is 4.88. The summed E-state index contributed by atoms with van der Waals surface area (Å²) in [6.07, 6.45) is 13.7. The van der Waals surface area contributed by atoms with Crippen molar-refractivity contribution in [3.8, 4) is 0 Å². The van der Waals surface area contributed by atoms with Gasteiger partial charge in [0.1, 0.15) is 0 Å². The van der Waals surface area contributed by atoms with Crippen LogP contribution in [0.1, 0.15) is 67.4 Å². The van der Waals surface area contributed by atoms with Gasteiger partial charge < -0.3 is 4.74 Å². The number of aryl methyl sites for hydroxylation is 1. The van der Waals surface area contributed by atoms with Crippen LogP contribution in [0.5, 0.6) is 0 Å². The van der Waals surface area contributed by atoms with Crippen molar-refractivity contribution in [1.29, 1.82) is 0 Å². The zero-order chi connectivity index (χ0) is 13.1. The van der Waals surface area contributed by atoms with E-state index in [-0.39, 0.29) is 0 Å². The Hall–Kier alpha value is -1.08. The molecule has 0 bridgehead atoms. The van der Waals surface area contributed by atoms with Crippen LogP contribution in [0, 0.1) is 0 Å². The zero-order valence-electron chi connectivity index (χ0n) is 12.0. The van der Waals surface area contributed by atoms with Crippen LogP contribution in [0.3, 0.4) is 0 Å². The summed E-state index contributed by atoms with van der Waals surface area (Å²) in [5, 5.41) is 0. The summed E-state index contributed by atoms with van der Waals surface area (Å²) >= 11 is 0. The maximum atomic E-state index is 5.93. The molecule has 102 valence electrons. The van der Waals surface area contributed by atoms with E-state index < -0.39 is 0 Å². The van der Waals surface area contributed by atoms with Gasteiger partial charge in [-0.3, -0.25) is 0 Å². The van der Waals surface area contributed by atoms with E-state index >= 15 is 0 Å². The lowest BCUT2D eigenvalue weighted by molar-refractivity contribution is 0.0685. The first-order valence-corrected chi connectivity index (χ1v) is 7.79. The largest absolute Gasteiger partial charge is 0.368 e. The highest BCUT2D eigenvalue weighted by atomic mass is 16.5. The molecule has 1 atom stereocenters. The van der Waals surface area contributed by atoms with E-state index in [9.17, 15) is 0 Å². The van der Waals surface area contributed by atoms with Crippen molar-refractivity contribution >= 4 is 0 Å². The lowest BCUT2D eigenvalue weighted by atomic mass is 9.93. The summed E-state index contributed by atoms with van der Waals surface area (Å²) < 4.78 is 5.93. The lowest BCUT2D eigenvalue weighted by Gasteiger charge is -2.12. The number of rotatable bonds is 5. The number of hydrogen-bond acceptors (Lipinski definition) is 1. The van der Waals surface area contributed by atoms with E-state index in [1.165, 1.54) is 54.4 Å². The molecular formula is C18H24O. The van der Waals surface area contributed by atoms with Crippen molar-refractivity contribution in [2.45, 2.75) is 64.6 Å². The topological polar surface area (TPSA) is 9.23 Å². The number of ether oxygens (including phenoxy) is 1. The van der Waals surface area contributed by atoms with E-state index in [0.717, 1.165) is 19.4 Å². The van der Waals surface area contributed by atoms with E-state index in [4.69, 9.17) is 4.74 Å². The van der Waals surface area contributed by atoms with Crippen LogP contribution in [-0.4, -0.2) is 0 Å². The number of hydrogen-bond donors (Lipinski definition) is 0. The fourth-order valence-electron chi connectivity index (χ4n) is 3.34. The molecule has 1 nitrogen and oxygen atoms in total. The van der Waals surface area contributed by atoms with Gasteiger partial charge in [0, 0.05) is 0 Å². The molecule has 1 heteroatoms. The molecule has 1 heterocycles. The van der Waals surface area contributed by atoms with Crippen LogP contribution in [0.4, 0.5) is 0 Å². The summed E-state index contributed by atoms with van der Waals surface area (Å²) in [4.78, 5) is 0. The Bertz CT molecular complexity index is 473. The number of unbranched alkanes of at least 4 members (excludes halogenated alkanes) is 3. The second-order valence-electron chi connectivity index (χ2n) is 5.85. The molecule has 1 aliphatic heterocycles. The Labute approximate surface area is 116 Å². The van der Waals surface area contributed by atoms with E-state index in [2.05, 4.69) is 31.2 Å². The molecule has 1 aromatic rings. The Balaban J connectivity index is 1.77. The molecule has 1 aliphatic carbocycles. The molecule has 2 aliphatic rings. The average Bonchev–Trinajstić information content (AvgIpc) is 2.71. The van der Waals surface area contributed by atoms with Crippen LogP contribution >= 0.6 is 0 Å². The standard InChI is InChI=1S/C18H24O/c1-2-3-4-5-8-14-11-15-9-6-7-10-17-18(15)16(12-14)13-19-17/h6-7,11-12,17H,2-5,8-10,13H2,1H3. The summed E-state index contributed by atoms with van der Waals surface area (Å²) in [5.41, 5.74) is 5.99. The summed E-state index contributed by atoms with van der Waals surface area (Å²) in [6.45, 7) is 3.09. The highest BCUT2D eigenvalue weighted by molar-refractivity contribution is 5.44. The quantitative estimate of drug-likeness (QED) is 0.538. The van der Waals surface area contributed by atoms with Gasteiger partial charge in [-0.15, -0.1) is 0 Å². The fraction of sp³-hybridized carbons (Fsp3) is 0.556. The van der Waals surface area contributed by atoms with Crippen LogP contribution in [0.15, 0.2) is 24.3 Å². The number of allylic oxidation sites excluding steroid dienone is 1. The minimum atomic E-state index is 0.331. The molecule has 0 spiro atoms. The maximum Gasteiger partial charge on any atom is 0.0870 e. The van der Waals surface area contributed by atoms with Gasteiger partial charge in [-0.2, -0.15) is 0 Å². The second-order valence-corrected chi connectivity index (χ2v) is 5.85. The van der Waals surface area contributed by atoms with Gasteiger partial charge in [-0.05, 0) is 47.9 Å². The molecule has 19 heavy (non-hydrogen) atoms. The van der Waals surface area contributed by atoms with E-state index in [0.29, 0.717) is 6.10 Å². The van der Waals surface area contributed by atoms with Crippen LogP contribution < -0.4 is 0 Å². The van der Waals surface area contributed by atoms with Gasteiger partial charge >= 0.3 is 0 Å². The molecule has 0 aromatic heterocycles. The Morgan fingerprint density at radius 2 is 2.00 bits per heavy atom. The smallest absolute Gasteiger partial charge is 0.0870 e. The van der Waals surface area contributed by atoms with Gasteiger partial charge in [-0.25, -0.2) is 0 Å². The van der Waals surface area contributed by atoms with Crippen LogP contribution in [-0.2, 0) is 24.2 Å². The Kier molecular flexibility index (Phi) is 4.03. The highest BCUT2D eigenvalue weighted by Crippen LogP contribution is 2.38. The van der Waals surface area contributed by atoms with Gasteiger partial charge in [0.05, 0.1) is 12.7 Å². The van der Waals surface area contributed by atoms with E-state index in [1.807, 2.05) is 0 Å². The Morgan fingerprint density at radius 3 is 2.89 bits per heavy atom. The fourth-order valence-corrected chi connectivity index (χ4v) is 3.34. The van der Waals surface area contributed by atoms with Gasteiger partial charge in [0.25, 0.3) is 0 Å². The second kappa shape index (κ2) is 5.92. The molecule has 1 aromatic carbocycles. The first-order chi connectivity index (χ1) is 9.38. The van der Waals surface area contributed by atoms with Crippen molar-refractivity contribution in [2.24, 2.45) is 0 Å². The molecule has 3 rings (SSSR count). The maximum absolute atomic E-state index is 5.93. The third kappa shape index (κ3) is 2.76. The number of benzene rings is 1. The van der Waals surface area contributed by atoms with Gasteiger partial charge in [0.15, 0.2) is 0 Å². The average molecular weight is 256 g/mol. The van der Waals surface area contributed by atoms with Crippen molar-refractivity contribution in [1.82, 2.24) is 0 Å². The van der Waals surface area contributed by atoms with E-state index in [1.54, 1.807) is 0 Å². The predicted molar refractivity (Wildman–Crippen MR) is 79.3 cm³/mol. The molecular weight excluding hydrogens is 232 g/mol. The Morgan fingerprint density at radius 1 is 1.11 bits per heavy atom. The summed E-state index contributed by atoms with van der Waals surface area (Å²) in [5.74, 6) is 0. The summed E-state index contributed by atoms with van der Waals surface area (Å²) in [7, 11) is 0. The first kappa shape index (κ1) is 12.9. The van der Waals surface area contributed by atoms with Crippen LogP contribution in [0.2, 0.25) is 0 Å². The van der Waals surface area contributed by atoms with Gasteiger partial charge in [0.2, 0.25) is 0 Å². The minimum Gasteiger partial charge on any atom is -0.368 e. The molecule has 0 N–H and O–H groups in total. The zero-order valence-corrected chi connectivity index (χ0v) is 12.0. The van der Waals surface area contributed by atoms with Crippen molar-refractivity contribution in [3.63, 3.8) is 0 Å². The van der Waals surface area contributed by atoms with Crippen LogP contribution in [0.25, 0.3) is 0 Å². The molecule has 0 saturated carbocycles. The monoisotopic (exact) mass is 256 g/mol. The lowest BCUT2D eigenvalue weighted by Crippen LogP contribution is -1.99. The molecule has 0 saturated heterocycles.